The summed E-state index contributed by atoms with van der Waals surface area (Å²) in [4.78, 5) is 26.4. The molecular weight excluding hydrogens is 334 g/mol. The van der Waals surface area contributed by atoms with E-state index in [1.807, 2.05) is 31.2 Å². The van der Waals surface area contributed by atoms with Crippen LogP contribution in [-0.4, -0.2) is 35.4 Å². The number of benzene rings is 1. The second-order valence-corrected chi connectivity index (χ2v) is 7.61. The fraction of sp³-hybridized carbons (Fsp3) is 0.500. The minimum atomic E-state index is -1.04. The van der Waals surface area contributed by atoms with Crippen LogP contribution in [0.2, 0.25) is 0 Å². The van der Waals surface area contributed by atoms with Crippen molar-refractivity contribution in [3.63, 3.8) is 0 Å². The molecule has 3 rings (SSSR count). The number of aliphatic carboxylic acids is 1. The summed E-state index contributed by atoms with van der Waals surface area (Å²) in [6, 6.07) is 4.57. The summed E-state index contributed by atoms with van der Waals surface area (Å²) >= 11 is 0. The van der Waals surface area contributed by atoms with Gasteiger partial charge in [-0.05, 0) is 45.7 Å². The number of carboxylic acids is 1. The molecule has 1 amide bonds. The smallest absolute Gasteiger partial charge is 0.415 e. The Hall–Kier alpha value is -2.50. The van der Waals surface area contributed by atoms with Crippen molar-refractivity contribution in [2.75, 3.05) is 11.5 Å². The summed E-state index contributed by atoms with van der Waals surface area (Å²) in [6.07, 6.45) is 3.96. The number of carbonyl (C=O) groups is 2. The lowest BCUT2D eigenvalue weighted by Gasteiger charge is -2.42. The Morgan fingerprint density at radius 2 is 2.04 bits per heavy atom. The molecule has 1 N–H and O–H groups in total. The molecule has 1 aliphatic carbocycles. The van der Waals surface area contributed by atoms with E-state index in [1.54, 1.807) is 26.8 Å². The fourth-order valence-corrected chi connectivity index (χ4v) is 3.81. The summed E-state index contributed by atoms with van der Waals surface area (Å²) in [6.45, 7) is 7.56. The number of anilines is 1. The Morgan fingerprint density at radius 1 is 1.31 bits per heavy atom. The number of allylic oxidation sites excluding steroid dienone is 2. The Bertz CT molecular complexity index is 749. The topological polar surface area (TPSA) is 76.1 Å². The van der Waals surface area contributed by atoms with E-state index < -0.39 is 23.7 Å². The highest BCUT2D eigenvalue weighted by Gasteiger charge is 2.49. The van der Waals surface area contributed by atoms with Gasteiger partial charge >= 0.3 is 12.1 Å². The normalized spacial score (nSPS) is 24.0. The predicted octanol–water partition coefficient (Wildman–Crippen LogP) is 3.95. The molecule has 140 valence electrons. The SMILES string of the molecule is CCOc1cccc2c1N(C(=O)OC(C)(C)C)[C@H](C(=O)O)[C@@H]1CC=C[C@H]21. The van der Waals surface area contributed by atoms with E-state index in [1.165, 1.54) is 4.90 Å². The zero-order valence-corrected chi connectivity index (χ0v) is 15.6. The van der Waals surface area contributed by atoms with Crippen LogP contribution < -0.4 is 9.64 Å². The van der Waals surface area contributed by atoms with Crippen molar-refractivity contribution >= 4 is 17.7 Å². The van der Waals surface area contributed by atoms with Crippen molar-refractivity contribution in [1.29, 1.82) is 0 Å². The van der Waals surface area contributed by atoms with Crippen molar-refractivity contribution in [2.45, 2.75) is 51.7 Å². The van der Waals surface area contributed by atoms with Crippen molar-refractivity contribution in [1.82, 2.24) is 0 Å². The minimum absolute atomic E-state index is 0.0507. The quantitative estimate of drug-likeness (QED) is 0.827. The van der Waals surface area contributed by atoms with Gasteiger partial charge in [-0.2, -0.15) is 0 Å². The van der Waals surface area contributed by atoms with Gasteiger partial charge in [-0.1, -0.05) is 24.3 Å². The van der Waals surface area contributed by atoms with Gasteiger partial charge in [0.15, 0.2) is 0 Å². The van der Waals surface area contributed by atoms with Gasteiger partial charge in [-0.25, -0.2) is 9.59 Å². The van der Waals surface area contributed by atoms with Crippen LogP contribution in [-0.2, 0) is 9.53 Å². The molecule has 26 heavy (non-hydrogen) atoms. The molecule has 0 fully saturated rings. The molecule has 0 saturated carbocycles. The summed E-state index contributed by atoms with van der Waals surface area (Å²) in [7, 11) is 0. The summed E-state index contributed by atoms with van der Waals surface area (Å²) < 4.78 is 11.3. The standard InChI is InChI=1S/C20H25NO5/c1-5-25-15-11-7-10-13-12-8-6-9-14(12)17(18(22)23)21(16(13)15)19(24)26-20(2,3)4/h6-8,10-12,14,17H,5,9H2,1-4H3,(H,22,23)/t12-,14-,17+/m1/s1. The molecule has 0 bridgehead atoms. The van der Waals surface area contributed by atoms with Gasteiger partial charge in [0.25, 0.3) is 0 Å². The van der Waals surface area contributed by atoms with Crippen molar-refractivity contribution in [2.24, 2.45) is 5.92 Å². The van der Waals surface area contributed by atoms with Crippen LogP contribution in [0.15, 0.2) is 30.4 Å². The molecule has 1 aliphatic heterocycles. The van der Waals surface area contributed by atoms with E-state index in [-0.39, 0.29) is 11.8 Å². The van der Waals surface area contributed by atoms with Crippen LogP contribution in [0.4, 0.5) is 10.5 Å². The van der Waals surface area contributed by atoms with Gasteiger partial charge in [0, 0.05) is 11.8 Å². The number of amides is 1. The highest BCUT2D eigenvalue weighted by atomic mass is 16.6. The zero-order chi connectivity index (χ0) is 19.1. The molecule has 1 heterocycles. The monoisotopic (exact) mass is 359 g/mol. The molecule has 6 nitrogen and oxygen atoms in total. The van der Waals surface area contributed by atoms with E-state index in [0.717, 1.165) is 5.56 Å². The molecule has 0 saturated heterocycles. The third-order valence-electron chi connectivity index (χ3n) is 4.67. The first-order chi connectivity index (χ1) is 12.2. The first kappa shape index (κ1) is 18.3. The largest absolute Gasteiger partial charge is 0.492 e. The first-order valence-corrected chi connectivity index (χ1v) is 8.92. The highest BCUT2D eigenvalue weighted by molar-refractivity contribution is 5.99. The average Bonchev–Trinajstić information content (AvgIpc) is 3.01. The lowest BCUT2D eigenvalue weighted by Crippen LogP contribution is -2.54. The van der Waals surface area contributed by atoms with Crippen LogP contribution in [0.1, 0.15) is 45.6 Å². The minimum Gasteiger partial charge on any atom is -0.492 e. The summed E-state index contributed by atoms with van der Waals surface area (Å²) in [5.41, 5.74) is 0.674. The lowest BCUT2D eigenvalue weighted by atomic mass is 9.78. The third-order valence-corrected chi connectivity index (χ3v) is 4.67. The number of ether oxygens (including phenoxy) is 2. The van der Waals surface area contributed by atoms with E-state index in [0.29, 0.717) is 24.5 Å². The fourth-order valence-electron chi connectivity index (χ4n) is 3.81. The Balaban J connectivity index is 2.18. The maximum Gasteiger partial charge on any atom is 0.415 e. The maximum atomic E-state index is 13.0. The van der Waals surface area contributed by atoms with Gasteiger partial charge in [0.05, 0.1) is 12.3 Å². The average molecular weight is 359 g/mol. The van der Waals surface area contributed by atoms with E-state index in [2.05, 4.69) is 0 Å². The number of rotatable bonds is 3. The number of carboxylic acid groups (broad SMARTS) is 1. The van der Waals surface area contributed by atoms with Crippen LogP contribution in [0.25, 0.3) is 0 Å². The van der Waals surface area contributed by atoms with Gasteiger partial charge in [0.1, 0.15) is 17.4 Å². The zero-order valence-electron chi connectivity index (χ0n) is 15.6. The maximum absolute atomic E-state index is 13.0. The highest BCUT2D eigenvalue weighted by Crippen LogP contribution is 2.51. The predicted molar refractivity (Wildman–Crippen MR) is 97.7 cm³/mol. The van der Waals surface area contributed by atoms with Gasteiger partial charge in [0.2, 0.25) is 0 Å². The Morgan fingerprint density at radius 3 is 2.65 bits per heavy atom. The second kappa shape index (κ2) is 6.67. The number of para-hydroxylation sites is 1. The molecule has 6 heteroatoms. The second-order valence-electron chi connectivity index (χ2n) is 7.61. The molecule has 1 aromatic rings. The van der Waals surface area contributed by atoms with Gasteiger partial charge < -0.3 is 14.6 Å². The number of fused-ring (bicyclic) bond motifs is 3. The number of nitrogens with zero attached hydrogens (tertiary/aromatic N) is 1. The molecule has 3 atom stereocenters. The first-order valence-electron chi connectivity index (χ1n) is 8.92. The van der Waals surface area contributed by atoms with Crippen LogP contribution in [0, 0.1) is 5.92 Å². The van der Waals surface area contributed by atoms with E-state index >= 15 is 0 Å². The molecule has 0 unspecified atom stereocenters. The number of carbonyl (C=O) groups excluding carboxylic acids is 1. The van der Waals surface area contributed by atoms with Crippen LogP contribution >= 0.6 is 0 Å². The molecule has 2 aliphatic rings. The Labute approximate surface area is 153 Å². The van der Waals surface area contributed by atoms with Crippen molar-refractivity contribution in [3.05, 3.63) is 35.9 Å². The van der Waals surface area contributed by atoms with Crippen LogP contribution in [0.5, 0.6) is 5.75 Å². The Kier molecular flexibility index (Phi) is 4.69. The van der Waals surface area contributed by atoms with Crippen LogP contribution in [0.3, 0.4) is 0 Å². The van der Waals surface area contributed by atoms with Crippen molar-refractivity contribution < 1.29 is 24.2 Å². The lowest BCUT2D eigenvalue weighted by molar-refractivity contribution is -0.140. The molecular formula is C20H25NO5. The number of hydrogen-bond donors (Lipinski definition) is 1. The molecule has 0 radical (unpaired) electrons. The third kappa shape index (κ3) is 3.16. The molecule has 1 aromatic carbocycles. The number of hydrogen-bond acceptors (Lipinski definition) is 4. The van der Waals surface area contributed by atoms with Crippen molar-refractivity contribution in [3.8, 4) is 5.75 Å². The van der Waals surface area contributed by atoms with Gasteiger partial charge in [-0.15, -0.1) is 0 Å². The molecule has 0 aromatic heterocycles. The molecule has 0 spiro atoms. The van der Waals surface area contributed by atoms with E-state index in [9.17, 15) is 14.7 Å². The summed E-state index contributed by atoms with van der Waals surface area (Å²) in [5.74, 6) is -0.804. The summed E-state index contributed by atoms with van der Waals surface area (Å²) in [5, 5.41) is 9.93. The van der Waals surface area contributed by atoms with Gasteiger partial charge in [-0.3, -0.25) is 4.90 Å². The van der Waals surface area contributed by atoms with E-state index in [4.69, 9.17) is 9.47 Å².